The maximum atomic E-state index is 13.3. The number of ether oxygens (including phenoxy) is 1. The molecule has 2 fully saturated rings. The number of carbonyl (C=O) groups is 1. The van der Waals surface area contributed by atoms with E-state index >= 15 is 0 Å². The number of rotatable bonds is 1. The molecule has 0 saturated heterocycles. The fourth-order valence-electron chi connectivity index (χ4n) is 2.38. The molecule has 2 nitrogen and oxygen atoms in total. The molecule has 2 aliphatic carbocycles. The second-order valence-electron chi connectivity index (χ2n) is 4.19. The molecule has 2 aliphatic rings. The van der Waals surface area contributed by atoms with E-state index in [1.807, 2.05) is 0 Å². The Morgan fingerprint density at radius 3 is 2.33 bits per heavy atom. The Kier molecular flexibility index (Phi) is 2.23. The molecule has 0 unspecified atom stereocenters. The lowest BCUT2D eigenvalue weighted by Crippen LogP contribution is -2.43. The fraction of sp³-hybridized carbons (Fsp3) is 0.889. The van der Waals surface area contributed by atoms with E-state index in [1.165, 1.54) is 7.11 Å². The summed E-state index contributed by atoms with van der Waals surface area (Å²) in [6, 6.07) is 0. The van der Waals surface area contributed by atoms with Crippen molar-refractivity contribution in [1.29, 1.82) is 0 Å². The highest BCUT2D eigenvalue weighted by Gasteiger charge is 2.70. The first-order chi connectivity index (χ1) is 6.80. The average molecular weight is 243 g/mol. The normalized spacial score (nSPS) is 46.9. The van der Waals surface area contributed by atoms with Gasteiger partial charge in [-0.15, -0.1) is 0 Å². The minimum Gasteiger partial charge on any atom is -0.469 e. The van der Waals surface area contributed by atoms with Crippen LogP contribution in [0, 0.1) is 17.8 Å². The number of fused-ring (bicyclic) bond motifs is 1. The van der Waals surface area contributed by atoms with Gasteiger partial charge in [0.25, 0.3) is 5.92 Å². The second-order valence-corrected chi connectivity index (χ2v) is 4.79. The van der Waals surface area contributed by atoms with Crippen molar-refractivity contribution in [3.8, 4) is 0 Å². The van der Waals surface area contributed by atoms with Crippen LogP contribution in [0.25, 0.3) is 0 Å². The summed E-state index contributed by atoms with van der Waals surface area (Å²) >= 11 is 5.13. The maximum Gasteiger partial charge on any atom is 0.309 e. The first kappa shape index (κ1) is 11.0. The fourth-order valence-corrected chi connectivity index (χ4v) is 2.63. The molecule has 15 heavy (non-hydrogen) atoms. The van der Waals surface area contributed by atoms with Gasteiger partial charge < -0.3 is 4.74 Å². The number of esters is 1. The predicted octanol–water partition coefficient (Wildman–Crippen LogP) is 2.36. The van der Waals surface area contributed by atoms with Gasteiger partial charge in [-0.25, -0.2) is 13.2 Å². The van der Waals surface area contributed by atoms with Gasteiger partial charge >= 0.3 is 5.97 Å². The standard InChI is InChI=1S/C9H10ClF3O2/c1-15-7(14)6-4-2-8(10,11)9(12,13)3-5(4)6/h4-6H,2-3H2,1H3/t4-,5+,6+,8+/m0/s1. The van der Waals surface area contributed by atoms with Crippen molar-refractivity contribution >= 4 is 17.6 Å². The molecule has 2 saturated carbocycles. The molecule has 0 aromatic heterocycles. The monoisotopic (exact) mass is 242 g/mol. The van der Waals surface area contributed by atoms with E-state index in [4.69, 9.17) is 11.6 Å². The van der Waals surface area contributed by atoms with Gasteiger partial charge in [-0.3, -0.25) is 4.79 Å². The molecule has 0 radical (unpaired) electrons. The van der Waals surface area contributed by atoms with Gasteiger partial charge in [0.15, 0.2) is 0 Å². The Morgan fingerprint density at radius 2 is 1.87 bits per heavy atom. The van der Waals surface area contributed by atoms with E-state index < -0.39 is 41.7 Å². The van der Waals surface area contributed by atoms with E-state index in [0.29, 0.717) is 0 Å². The molecule has 0 bridgehead atoms. The molecule has 0 aromatic rings. The molecule has 4 atom stereocenters. The Labute approximate surface area is 89.7 Å². The molecule has 0 aromatic carbocycles. The summed E-state index contributed by atoms with van der Waals surface area (Å²) in [4.78, 5) is 11.1. The summed E-state index contributed by atoms with van der Waals surface area (Å²) in [5.74, 6) is -5.57. The molecule has 0 heterocycles. The van der Waals surface area contributed by atoms with Crippen LogP contribution >= 0.6 is 11.6 Å². The van der Waals surface area contributed by atoms with Crippen LogP contribution in [0.4, 0.5) is 13.2 Å². The summed E-state index contributed by atoms with van der Waals surface area (Å²) in [6.07, 6.45) is -1.15. The van der Waals surface area contributed by atoms with Crippen LogP contribution in [0.3, 0.4) is 0 Å². The zero-order valence-electron chi connectivity index (χ0n) is 7.97. The van der Waals surface area contributed by atoms with Crippen molar-refractivity contribution in [3.05, 3.63) is 0 Å². The molecule has 0 spiro atoms. The molecule has 6 heteroatoms. The first-order valence-electron chi connectivity index (χ1n) is 4.63. The first-order valence-corrected chi connectivity index (χ1v) is 5.01. The largest absolute Gasteiger partial charge is 0.469 e. The molecular formula is C9H10ClF3O2. The van der Waals surface area contributed by atoms with Gasteiger partial charge in [0.05, 0.1) is 13.0 Å². The van der Waals surface area contributed by atoms with Gasteiger partial charge in [-0.2, -0.15) is 0 Å². The van der Waals surface area contributed by atoms with E-state index in [0.717, 1.165) is 0 Å². The lowest BCUT2D eigenvalue weighted by molar-refractivity contribution is -0.142. The molecule has 0 aliphatic heterocycles. The summed E-state index contributed by atoms with van der Waals surface area (Å²) in [5, 5.41) is -3.02. The molecule has 0 amide bonds. The third-order valence-electron chi connectivity index (χ3n) is 3.32. The van der Waals surface area contributed by atoms with Crippen molar-refractivity contribution < 1.29 is 22.7 Å². The number of alkyl halides is 4. The second kappa shape index (κ2) is 3.03. The van der Waals surface area contributed by atoms with Crippen LogP contribution in [0.2, 0.25) is 0 Å². The zero-order valence-corrected chi connectivity index (χ0v) is 8.73. The number of hydrogen-bond acceptors (Lipinski definition) is 2. The molecular weight excluding hydrogens is 233 g/mol. The summed E-state index contributed by atoms with van der Waals surface area (Å²) in [7, 11) is 1.19. The number of hydrogen-bond donors (Lipinski definition) is 0. The smallest absolute Gasteiger partial charge is 0.309 e. The van der Waals surface area contributed by atoms with Crippen LogP contribution < -0.4 is 0 Å². The maximum absolute atomic E-state index is 13.3. The van der Waals surface area contributed by atoms with Crippen molar-refractivity contribution in [2.45, 2.75) is 23.9 Å². The van der Waals surface area contributed by atoms with Crippen LogP contribution in [-0.4, -0.2) is 24.1 Å². The molecule has 86 valence electrons. The highest BCUT2D eigenvalue weighted by Crippen LogP contribution is 2.64. The highest BCUT2D eigenvalue weighted by atomic mass is 35.5. The van der Waals surface area contributed by atoms with Crippen molar-refractivity contribution in [3.63, 3.8) is 0 Å². The van der Waals surface area contributed by atoms with Gasteiger partial charge in [0, 0.05) is 12.8 Å². The molecule has 2 rings (SSSR count). The van der Waals surface area contributed by atoms with Crippen LogP contribution in [0.1, 0.15) is 12.8 Å². The zero-order chi connectivity index (χ0) is 11.4. The Morgan fingerprint density at radius 1 is 1.33 bits per heavy atom. The Bertz CT molecular complexity index is 284. The minimum atomic E-state index is -3.56. The third-order valence-corrected chi connectivity index (χ3v) is 3.75. The molecule has 0 N–H and O–H groups in total. The quantitative estimate of drug-likeness (QED) is 0.521. The number of carbonyl (C=O) groups excluding carboxylic acids is 1. The van der Waals surface area contributed by atoms with E-state index in [-0.39, 0.29) is 5.92 Å². The SMILES string of the molecule is COC(=O)[C@H]1[C@@H]2CC(F)(F)[C@@](F)(Cl)C[C@@H]21. The van der Waals surface area contributed by atoms with Crippen LogP contribution in [0.15, 0.2) is 0 Å². The van der Waals surface area contributed by atoms with Gasteiger partial charge in [0.1, 0.15) is 0 Å². The van der Waals surface area contributed by atoms with E-state index in [2.05, 4.69) is 4.74 Å². The topological polar surface area (TPSA) is 26.3 Å². The van der Waals surface area contributed by atoms with Crippen molar-refractivity contribution in [2.75, 3.05) is 7.11 Å². The summed E-state index contributed by atoms with van der Waals surface area (Å²) in [5.41, 5.74) is 0. The lowest BCUT2D eigenvalue weighted by atomic mass is 9.94. The Hall–Kier alpha value is -0.450. The van der Waals surface area contributed by atoms with Crippen LogP contribution in [-0.2, 0) is 9.53 Å². The van der Waals surface area contributed by atoms with Gasteiger partial charge in [0.2, 0.25) is 5.13 Å². The third kappa shape index (κ3) is 1.51. The van der Waals surface area contributed by atoms with Crippen molar-refractivity contribution in [2.24, 2.45) is 17.8 Å². The predicted molar refractivity (Wildman–Crippen MR) is 46.4 cm³/mol. The van der Waals surface area contributed by atoms with E-state index in [1.54, 1.807) is 0 Å². The minimum absolute atomic E-state index is 0.389. The summed E-state index contributed by atoms with van der Waals surface area (Å²) < 4.78 is 44.1. The van der Waals surface area contributed by atoms with Crippen molar-refractivity contribution in [1.82, 2.24) is 0 Å². The number of halogens is 4. The average Bonchev–Trinajstić information content (AvgIpc) is 2.74. The summed E-state index contributed by atoms with van der Waals surface area (Å²) in [6.45, 7) is 0. The number of methoxy groups -OCH3 is 1. The van der Waals surface area contributed by atoms with Gasteiger partial charge in [-0.05, 0) is 11.8 Å². The lowest BCUT2D eigenvalue weighted by Gasteiger charge is -2.31. The van der Waals surface area contributed by atoms with Gasteiger partial charge in [-0.1, -0.05) is 11.6 Å². The van der Waals surface area contributed by atoms with E-state index in [9.17, 15) is 18.0 Å². The van der Waals surface area contributed by atoms with Crippen LogP contribution in [0.5, 0.6) is 0 Å². The highest BCUT2D eigenvalue weighted by molar-refractivity contribution is 6.23. The Balaban J connectivity index is 2.12.